The molecular formula is C39H56BNO4. The van der Waals surface area contributed by atoms with E-state index in [0.717, 1.165) is 65.2 Å². The molecule has 2 N–H and O–H groups in total. The molecular weight excluding hydrogens is 557 g/mol. The van der Waals surface area contributed by atoms with Crippen LogP contribution in [0.4, 0.5) is 0 Å². The molecule has 1 aliphatic heterocycles. The summed E-state index contributed by atoms with van der Waals surface area (Å²) in [5.41, 5.74) is 4.27. The Kier molecular flexibility index (Phi) is 8.73. The lowest BCUT2D eigenvalue weighted by Gasteiger charge is -2.42. The summed E-state index contributed by atoms with van der Waals surface area (Å²) in [5, 5.41) is 24.1. The van der Waals surface area contributed by atoms with Crippen LogP contribution in [0.1, 0.15) is 119 Å². The highest BCUT2D eigenvalue weighted by atomic mass is 16.7. The van der Waals surface area contributed by atoms with E-state index < -0.39 is 12.4 Å². The minimum atomic E-state index is -1.49. The highest BCUT2D eigenvalue weighted by molar-refractivity contribution is 6.48. The second kappa shape index (κ2) is 11.6. The Hall–Kier alpha value is -2.54. The number of rotatable bonds is 6. The molecule has 2 aromatic carbocycles. The van der Waals surface area contributed by atoms with Gasteiger partial charge in [0.1, 0.15) is 5.75 Å². The SMILES string of the molecule is CC(C)(C)CC(C)(C)c1ccc(OC2CCCCO2)c(-n2c3c(c4cc(C(C)(C)C)ccc42)=CC(B(O)O)(C(C)(C)C)CC=3)c1. The predicted octanol–water partition coefficient (Wildman–Crippen LogP) is 7.77. The van der Waals surface area contributed by atoms with Gasteiger partial charge in [-0.2, -0.15) is 0 Å². The van der Waals surface area contributed by atoms with Gasteiger partial charge in [0.05, 0.1) is 17.8 Å². The topological polar surface area (TPSA) is 63.9 Å². The summed E-state index contributed by atoms with van der Waals surface area (Å²) in [4.78, 5) is 0. The number of hydrogen-bond donors (Lipinski definition) is 2. The zero-order valence-electron chi connectivity index (χ0n) is 29.7. The van der Waals surface area contributed by atoms with E-state index in [9.17, 15) is 10.0 Å². The maximum Gasteiger partial charge on any atom is 0.463 e. The molecule has 0 amide bonds. The second-order valence-corrected chi connectivity index (χ2v) is 17.6. The third kappa shape index (κ3) is 6.53. The zero-order valence-corrected chi connectivity index (χ0v) is 29.7. The highest BCUT2D eigenvalue weighted by Crippen LogP contribution is 2.52. The molecule has 0 radical (unpaired) electrons. The van der Waals surface area contributed by atoms with Crippen LogP contribution in [0.25, 0.3) is 28.7 Å². The minimum absolute atomic E-state index is 0.0390. The van der Waals surface area contributed by atoms with Crippen LogP contribution in [0.5, 0.6) is 5.75 Å². The van der Waals surface area contributed by atoms with Crippen LogP contribution in [-0.2, 0) is 15.6 Å². The van der Waals surface area contributed by atoms with Crippen molar-refractivity contribution in [1.29, 1.82) is 0 Å². The summed E-state index contributed by atoms with van der Waals surface area (Å²) in [7, 11) is -1.49. The molecule has 1 aromatic heterocycles. The summed E-state index contributed by atoms with van der Waals surface area (Å²) in [6, 6.07) is 13.5. The second-order valence-electron chi connectivity index (χ2n) is 17.6. The molecule has 1 aliphatic carbocycles. The van der Waals surface area contributed by atoms with Gasteiger partial charge >= 0.3 is 7.12 Å². The average Bonchev–Trinajstić information content (AvgIpc) is 3.24. The lowest BCUT2D eigenvalue weighted by molar-refractivity contribution is -0.105. The summed E-state index contributed by atoms with van der Waals surface area (Å²) < 4.78 is 15.1. The van der Waals surface area contributed by atoms with E-state index in [1.165, 1.54) is 11.1 Å². The van der Waals surface area contributed by atoms with Gasteiger partial charge in [-0.3, -0.25) is 0 Å². The molecule has 2 unspecified atom stereocenters. The summed E-state index contributed by atoms with van der Waals surface area (Å²) in [6.45, 7) is 25.3. The van der Waals surface area contributed by atoms with Gasteiger partial charge in [-0.05, 0) is 82.7 Å². The van der Waals surface area contributed by atoms with Crippen molar-refractivity contribution >= 4 is 30.2 Å². The molecule has 1 fully saturated rings. The highest BCUT2D eigenvalue weighted by Gasteiger charge is 2.49. The third-order valence-electron chi connectivity index (χ3n) is 10.2. The molecule has 6 heteroatoms. The Bertz CT molecular complexity index is 1670. The van der Waals surface area contributed by atoms with Gasteiger partial charge in [0, 0.05) is 27.7 Å². The van der Waals surface area contributed by atoms with Crippen molar-refractivity contribution in [2.45, 2.75) is 131 Å². The smallest absolute Gasteiger partial charge is 0.463 e. The fourth-order valence-electron chi connectivity index (χ4n) is 7.67. The Labute approximate surface area is 271 Å². The van der Waals surface area contributed by atoms with E-state index in [1.54, 1.807) is 0 Å². The molecule has 0 spiro atoms. The Balaban J connectivity index is 1.85. The first-order chi connectivity index (χ1) is 20.7. The number of hydrogen-bond acceptors (Lipinski definition) is 4. The lowest BCUT2D eigenvalue weighted by Crippen LogP contribution is -2.46. The Morgan fingerprint density at radius 3 is 2.18 bits per heavy atom. The summed E-state index contributed by atoms with van der Waals surface area (Å²) >= 11 is 0. The standard InChI is InChI=1S/C39H56BNO4/c1-35(2,3)25-38(10,11)27-16-18-33(45-34-14-12-13-21-44-34)32(23-27)41-30-17-15-26(36(4,5)6)22-28(30)29-24-39(40(42)43,37(7,8)9)20-19-31(29)41/h15-19,22-24,34,42-43H,12-14,20-21,25H2,1-11H3. The lowest BCUT2D eigenvalue weighted by atomic mass is 9.44. The third-order valence-corrected chi connectivity index (χ3v) is 10.2. The average molecular weight is 614 g/mol. The van der Waals surface area contributed by atoms with Crippen molar-refractivity contribution in [3.8, 4) is 11.4 Å². The van der Waals surface area contributed by atoms with E-state index in [-0.39, 0.29) is 27.9 Å². The van der Waals surface area contributed by atoms with Crippen LogP contribution in [0.2, 0.25) is 5.31 Å². The van der Waals surface area contributed by atoms with E-state index >= 15 is 0 Å². The monoisotopic (exact) mass is 613 g/mol. The first-order valence-electron chi connectivity index (χ1n) is 16.9. The first kappa shape index (κ1) is 33.8. The number of aromatic nitrogens is 1. The molecule has 0 bridgehead atoms. The molecule has 0 saturated carbocycles. The van der Waals surface area contributed by atoms with Crippen LogP contribution in [0, 0.1) is 10.8 Å². The van der Waals surface area contributed by atoms with Gasteiger partial charge in [-0.1, -0.05) is 100 Å². The number of ether oxygens (including phenoxy) is 2. The Morgan fingerprint density at radius 2 is 1.60 bits per heavy atom. The van der Waals surface area contributed by atoms with Gasteiger partial charge < -0.3 is 24.1 Å². The van der Waals surface area contributed by atoms with Crippen molar-refractivity contribution in [3.05, 3.63) is 58.1 Å². The minimum Gasteiger partial charge on any atom is -0.463 e. The normalized spacial score (nSPS) is 21.2. The fourth-order valence-corrected chi connectivity index (χ4v) is 7.67. The largest absolute Gasteiger partial charge is 0.463 e. The van der Waals surface area contributed by atoms with Gasteiger partial charge in [0.2, 0.25) is 0 Å². The quantitative estimate of drug-likeness (QED) is 0.279. The van der Waals surface area contributed by atoms with Gasteiger partial charge in [0.25, 0.3) is 0 Å². The molecule has 5 rings (SSSR count). The molecule has 5 nitrogen and oxygen atoms in total. The Morgan fingerprint density at radius 1 is 0.911 bits per heavy atom. The summed E-state index contributed by atoms with van der Waals surface area (Å²) in [6.07, 6.45) is 8.67. The van der Waals surface area contributed by atoms with Crippen LogP contribution >= 0.6 is 0 Å². The van der Waals surface area contributed by atoms with Crippen LogP contribution in [-0.4, -0.2) is 34.6 Å². The number of fused-ring (bicyclic) bond motifs is 3. The molecule has 45 heavy (non-hydrogen) atoms. The summed E-state index contributed by atoms with van der Waals surface area (Å²) in [5.74, 6) is 0.806. The first-order valence-corrected chi connectivity index (χ1v) is 16.9. The number of nitrogens with zero attached hydrogens (tertiary/aromatic N) is 1. The molecule has 2 atom stereocenters. The van der Waals surface area contributed by atoms with Crippen molar-refractivity contribution in [1.82, 2.24) is 4.57 Å². The fraction of sp³-hybridized carbons (Fsp3) is 0.590. The van der Waals surface area contributed by atoms with Crippen molar-refractivity contribution in [3.63, 3.8) is 0 Å². The van der Waals surface area contributed by atoms with Crippen molar-refractivity contribution < 1.29 is 19.5 Å². The van der Waals surface area contributed by atoms with E-state index in [4.69, 9.17) is 9.47 Å². The van der Waals surface area contributed by atoms with Crippen LogP contribution < -0.4 is 15.3 Å². The van der Waals surface area contributed by atoms with E-state index in [1.807, 2.05) is 0 Å². The molecule has 1 saturated heterocycles. The number of benzene rings is 2. The molecule has 2 heterocycles. The van der Waals surface area contributed by atoms with Gasteiger partial charge in [0.15, 0.2) is 6.29 Å². The van der Waals surface area contributed by atoms with Crippen LogP contribution in [0.15, 0.2) is 36.4 Å². The van der Waals surface area contributed by atoms with Crippen molar-refractivity contribution in [2.75, 3.05) is 6.61 Å². The van der Waals surface area contributed by atoms with Crippen molar-refractivity contribution in [2.24, 2.45) is 10.8 Å². The van der Waals surface area contributed by atoms with E-state index in [2.05, 4.69) is 129 Å². The van der Waals surface area contributed by atoms with Gasteiger partial charge in [-0.15, -0.1) is 0 Å². The molecule has 244 valence electrons. The predicted molar refractivity (Wildman–Crippen MR) is 188 cm³/mol. The van der Waals surface area contributed by atoms with Crippen LogP contribution in [0.3, 0.4) is 0 Å². The van der Waals surface area contributed by atoms with E-state index in [0.29, 0.717) is 6.42 Å². The zero-order chi connectivity index (χ0) is 33.2. The molecule has 3 aromatic rings. The van der Waals surface area contributed by atoms with Gasteiger partial charge in [-0.25, -0.2) is 0 Å². The maximum atomic E-state index is 10.9. The molecule has 2 aliphatic rings. The maximum absolute atomic E-state index is 10.9.